The van der Waals surface area contributed by atoms with Crippen LogP contribution in [0.3, 0.4) is 0 Å². The molecule has 0 radical (unpaired) electrons. The molecular weight excluding hydrogens is 968 g/mol. The van der Waals surface area contributed by atoms with Gasteiger partial charge in [0.15, 0.2) is 11.6 Å². The maximum Gasteiger partial charge on any atom is 0.523 e. The molecule has 3 heterocycles. The minimum Gasteiger partial charge on any atom is -0.460 e. The quantitative estimate of drug-likeness (QED) is 0.108. The molecule has 16 nitrogen and oxygen atoms in total. The third kappa shape index (κ3) is 15.7. The van der Waals surface area contributed by atoms with Crippen molar-refractivity contribution in [2.75, 3.05) is 27.9 Å². The largest absolute Gasteiger partial charge is 0.523 e. The van der Waals surface area contributed by atoms with Crippen LogP contribution >= 0.6 is 0 Å². The van der Waals surface area contributed by atoms with E-state index in [2.05, 4.69) is 4.18 Å². The summed E-state index contributed by atoms with van der Waals surface area (Å²) in [6.45, 7) is 12.1. The van der Waals surface area contributed by atoms with Gasteiger partial charge in [-0.15, -0.1) is 0 Å². The van der Waals surface area contributed by atoms with E-state index in [-0.39, 0.29) is 74.7 Å². The number of carbonyl (C=O) groups excluding carboxylic acids is 5. The van der Waals surface area contributed by atoms with Gasteiger partial charge in [-0.1, -0.05) is 71.1 Å². The van der Waals surface area contributed by atoms with Crippen LogP contribution in [0.5, 0.6) is 0 Å². The Morgan fingerprint density at radius 1 is 0.875 bits per heavy atom. The number of allylic oxidation sites excluding steroid dienone is 6. The number of piperidine rings is 1. The lowest BCUT2D eigenvalue weighted by Gasteiger charge is -2.42. The van der Waals surface area contributed by atoms with E-state index >= 15 is 0 Å². The van der Waals surface area contributed by atoms with Crippen LogP contribution in [0.25, 0.3) is 0 Å². The van der Waals surface area contributed by atoms with Crippen LogP contribution in [-0.4, -0.2) is 141 Å². The molecule has 4 rings (SSSR count). The zero-order chi connectivity index (χ0) is 53.9. The van der Waals surface area contributed by atoms with E-state index in [0.29, 0.717) is 32.1 Å². The number of Topliss-reactive ketones (excluding diaryl/α,β-unsaturated/α-hetero) is 3. The lowest BCUT2D eigenvalue weighted by atomic mass is 9.78. The van der Waals surface area contributed by atoms with Crippen LogP contribution in [0.1, 0.15) is 126 Å². The lowest BCUT2D eigenvalue weighted by molar-refractivity contribution is -0.265. The first kappa shape index (κ1) is 60.9. The van der Waals surface area contributed by atoms with Crippen molar-refractivity contribution in [2.45, 2.75) is 186 Å². The Morgan fingerprint density at radius 3 is 2.21 bits per heavy atom. The van der Waals surface area contributed by atoms with Crippen LogP contribution in [0.2, 0.25) is 0 Å². The number of hydrogen-bond acceptors (Lipinski definition) is 15. The van der Waals surface area contributed by atoms with Crippen molar-refractivity contribution in [3.05, 3.63) is 47.6 Å². The van der Waals surface area contributed by atoms with E-state index in [4.69, 9.17) is 23.7 Å². The number of fused-ring (bicyclic) bond motifs is 3. The Labute approximate surface area is 423 Å². The van der Waals surface area contributed by atoms with Gasteiger partial charge in [0.05, 0.1) is 24.4 Å². The van der Waals surface area contributed by atoms with Gasteiger partial charge in [0, 0.05) is 58.5 Å². The Morgan fingerprint density at radius 2 is 1.57 bits per heavy atom. The minimum atomic E-state index is -5.91. The number of hydrogen-bond donors (Lipinski definition) is 2. The van der Waals surface area contributed by atoms with E-state index in [1.807, 2.05) is 44.2 Å². The fourth-order valence-electron chi connectivity index (χ4n) is 10.4. The minimum absolute atomic E-state index is 0.0195. The van der Waals surface area contributed by atoms with Crippen molar-refractivity contribution in [1.29, 1.82) is 0 Å². The SMILES string of the molecule is COC1CC2CCC(C)C(O)(O2)C(=O)C(=O)N2CCCCC2C(=O)OC(C(C)CC2CCC(OS(=O)(=O)C(F)(F)F)C(OC)C2)CC(=O)/C(C)=C/C(C)C(O)C(OC)C(=O)C(C)CC(C)C=CC=CC=C1C. The summed E-state index contributed by atoms with van der Waals surface area (Å²) in [5, 5.41) is 23.4. The highest BCUT2D eigenvalue weighted by Crippen LogP contribution is 2.39. The summed E-state index contributed by atoms with van der Waals surface area (Å²) in [7, 11) is -1.83. The molecule has 0 aromatic heterocycles. The topological polar surface area (TPSA) is 219 Å². The molecule has 2 N–H and O–H groups in total. The highest BCUT2D eigenvalue weighted by Gasteiger charge is 2.54. The van der Waals surface area contributed by atoms with Crippen molar-refractivity contribution in [1.82, 2.24) is 4.90 Å². The van der Waals surface area contributed by atoms with Crippen molar-refractivity contribution >= 4 is 39.3 Å². The number of nitrogens with zero attached hydrogens (tertiary/aromatic N) is 1. The third-order valence-corrected chi connectivity index (χ3v) is 16.1. The van der Waals surface area contributed by atoms with Gasteiger partial charge >= 0.3 is 21.6 Å². The molecule has 72 heavy (non-hydrogen) atoms. The number of amides is 1. The van der Waals surface area contributed by atoms with Gasteiger partial charge in [-0.25, -0.2) is 4.79 Å². The van der Waals surface area contributed by atoms with Crippen molar-refractivity contribution in [2.24, 2.45) is 35.5 Å². The molecular formula is C52H78F3NO15S. The van der Waals surface area contributed by atoms with Crippen LogP contribution in [-0.2, 0) is 62.0 Å². The second-order valence-electron chi connectivity index (χ2n) is 20.6. The fourth-order valence-corrected chi connectivity index (χ4v) is 11.1. The summed E-state index contributed by atoms with van der Waals surface area (Å²) in [6.07, 6.45) is 6.06. The lowest BCUT2D eigenvalue weighted by Crippen LogP contribution is -2.61. The number of alkyl halides is 3. The van der Waals surface area contributed by atoms with E-state index < -0.39 is 117 Å². The average Bonchev–Trinajstić information content (AvgIpc) is 3.32. The maximum atomic E-state index is 14.4. The summed E-state index contributed by atoms with van der Waals surface area (Å²) in [6, 6.07) is -1.29. The molecule has 1 aliphatic carbocycles. The van der Waals surface area contributed by atoms with Crippen LogP contribution in [0.15, 0.2) is 47.6 Å². The second kappa shape index (κ2) is 26.7. The van der Waals surface area contributed by atoms with E-state index in [1.54, 1.807) is 27.7 Å². The first-order valence-electron chi connectivity index (χ1n) is 25.2. The first-order valence-corrected chi connectivity index (χ1v) is 26.6. The third-order valence-electron chi connectivity index (χ3n) is 15.0. The van der Waals surface area contributed by atoms with Gasteiger partial charge in [-0.2, -0.15) is 21.6 Å². The second-order valence-corrected chi connectivity index (χ2v) is 22.1. The molecule has 3 fully saturated rings. The Kier molecular flexibility index (Phi) is 22.6. The zero-order valence-electron chi connectivity index (χ0n) is 43.4. The smallest absolute Gasteiger partial charge is 0.460 e. The Hall–Kier alpha value is -3.63. The summed E-state index contributed by atoms with van der Waals surface area (Å²) in [4.78, 5) is 71.9. The van der Waals surface area contributed by atoms with E-state index in [0.717, 1.165) is 10.5 Å². The molecule has 408 valence electrons. The summed E-state index contributed by atoms with van der Waals surface area (Å²) < 4.78 is 97.1. The highest BCUT2D eigenvalue weighted by atomic mass is 32.2. The van der Waals surface area contributed by atoms with Gasteiger partial charge in [0.2, 0.25) is 5.79 Å². The van der Waals surface area contributed by atoms with Gasteiger partial charge in [0.1, 0.15) is 24.4 Å². The molecule has 3 aliphatic heterocycles. The monoisotopic (exact) mass is 1050 g/mol. The van der Waals surface area contributed by atoms with Crippen LogP contribution in [0, 0.1) is 35.5 Å². The molecule has 2 bridgehead atoms. The Balaban J connectivity index is 1.71. The summed E-state index contributed by atoms with van der Waals surface area (Å²) >= 11 is 0. The molecule has 2 saturated heterocycles. The normalized spacial score (nSPS) is 36.5. The van der Waals surface area contributed by atoms with E-state index in [9.17, 15) is 55.8 Å². The molecule has 4 aliphatic rings. The van der Waals surface area contributed by atoms with Gasteiger partial charge in [-0.3, -0.25) is 23.4 Å². The van der Waals surface area contributed by atoms with Crippen molar-refractivity contribution in [3.8, 4) is 0 Å². The highest BCUT2D eigenvalue weighted by molar-refractivity contribution is 7.87. The van der Waals surface area contributed by atoms with Crippen molar-refractivity contribution < 1.29 is 83.6 Å². The predicted molar refractivity (Wildman–Crippen MR) is 259 cm³/mol. The molecule has 15 unspecified atom stereocenters. The fraction of sp³-hybridized carbons (Fsp3) is 0.750. The van der Waals surface area contributed by atoms with Crippen LogP contribution in [0.4, 0.5) is 13.2 Å². The number of methoxy groups -OCH3 is 3. The molecule has 15 atom stereocenters. The van der Waals surface area contributed by atoms with Gasteiger partial charge in [0.25, 0.3) is 11.7 Å². The number of esters is 1. The Bertz CT molecular complexity index is 2130. The summed E-state index contributed by atoms with van der Waals surface area (Å²) in [5.41, 5.74) is -4.62. The molecule has 1 amide bonds. The average molecular weight is 1050 g/mol. The number of halogens is 3. The summed E-state index contributed by atoms with van der Waals surface area (Å²) in [5.74, 6) is -9.62. The number of aliphatic hydroxyl groups excluding tert-OH is 1. The molecule has 0 aromatic carbocycles. The number of carbonyl (C=O) groups is 5. The zero-order valence-corrected chi connectivity index (χ0v) is 44.2. The van der Waals surface area contributed by atoms with E-state index in [1.165, 1.54) is 34.3 Å². The molecule has 20 heteroatoms. The standard InChI is InChI=1S/C52H78F3NO15S/c1-30-16-12-11-13-17-31(2)42(66-8)28-38-21-19-36(7)51(63,70-38)48(60)49(61)56-23-15-14-18-39(56)50(62)69-43(29-40(57)32(3)25-35(6)46(59)47(68-10)45(58)34(5)24-30)33(4)26-37-20-22-41(44(27-37)67-9)71-72(64,65)52(53,54)55/h11-13,16-17,25,30,33-39,41-44,46-47,59,63H,14-15,18-24,26-29H2,1-10H3/b13-11?,16-12?,31-17?,32-25+. The number of rotatable bonds is 8. The predicted octanol–water partition coefficient (Wildman–Crippen LogP) is 7.05. The van der Waals surface area contributed by atoms with Gasteiger partial charge in [-0.05, 0) is 107 Å². The molecule has 0 aromatic rings. The first-order chi connectivity index (χ1) is 33.7. The number of ether oxygens (including phenoxy) is 5. The number of aliphatic hydroxyl groups is 2. The van der Waals surface area contributed by atoms with Gasteiger partial charge < -0.3 is 38.8 Å². The van der Waals surface area contributed by atoms with Crippen molar-refractivity contribution in [3.63, 3.8) is 0 Å². The van der Waals surface area contributed by atoms with Crippen LogP contribution < -0.4 is 0 Å². The molecule has 0 spiro atoms. The number of ketones is 3. The maximum absolute atomic E-state index is 14.4. The number of cyclic esters (lactones) is 1. The molecule has 1 saturated carbocycles.